The molecule has 0 saturated heterocycles. The summed E-state index contributed by atoms with van der Waals surface area (Å²) in [7, 11) is 0. The highest BCUT2D eigenvalue weighted by Gasteiger charge is 2.37. The predicted molar refractivity (Wildman–Crippen MR) is 92.3 cm³/mol. The normalized spacial score (nSPS) is 12.8. The SMILES string of the molecule is CC(=O)/C(=C/n1cnc(-c2cc(C(F)(F)F)cc(C(F)(F)F)c2)n1)c1cncnc1. The summed E-state index contributed by atoms with van der Waals surface area (Å²) >= 11 is 0. The number of allylic oxidation sites excluding steroid dienone is 1. The molecule has 0 atom stereocenters. The molecule has 156 valence electrons. The van der Waals surface area contributed by atoms with E-state index in [9.17, 15) is 31.1 Å². The number of hydrogen-bond acceptors (Lipinski definition) is 5. The fraction of sp³-hybridized carbons (Fsp3) is 0.167. The van der Waals surface area contributed by atoms with Crippen molar-refractivity contribution >= 4 is 17.6 Å². The first-order valence-corrected chi connectivity index (χ1v) is 8.14. The maximum atomic E-state index is 13.0. The molecular weight excluding hydrogens is 416 g/mol. The summed E-state index contributed by atoms with van der Waals surface area (Å²) in [5.41, 5.74) is -2.97. The molecule has 2 heterocycles. The number of carbonyl (C=O) groups excluding carboxylic acids is 1. The number of nitrogens with zero attached hydrogens (tertiary/aromatic N) is 5. The summed E-state index contributed by atoms with van der Waals surface area (Å²) in [5.74, 6) is -0.768. The third kappa shape index (κ3) is 4.70. The molecule has 3 aromatic rings. The van der Waals surface area contributed by atoms with Gasteiger partial charge in [0.25, 0.3) is 0 Å². The average Bonchev–Trinajstić information content (AvgIpc) is 3.13. The van der Waals surface area contributed by atoms with E-state index >= 15 is 0 Å². The quantitative estimate of drug-likeness (QED) is 0.457. The van der Waals surface area contributed by atoms with Gasteiger partial charge in [-0.2, -0.15) is 26.3 Å². The van der Waals surface area contributed by atoms with Crippen molar-refractivity contribution in [3.05, 3.63) is 59.9 Å². The Balaban J connectivity index is 2.06. The van der Waals surface area contributed by atoms with Gasteiger partial charge in [0.05, 0.1) is 11.1 Å². The van der Waals surface area contributed by atoms with Gasteiger partial charge in [-0.25, -0.2) is 19.6 Å². The van der Waals surface area contributed by atoms with Crippen LogP contribution in [0.1, 0.15) is 23.6 Å². The number of hydrogen-bond donors (Lipinski definition) is 0. The van der Waals surface area contributed by atoms with Gasteiger partial charge in [0, 0.05) is 35.3 Å². The summed E-state index contributed by atoms with van der Waals surface area (Å²) < 4.78 is 79.2. The highest BCUT2D eigenvalue weighted by Crippen LogP contribution is 2.38. The summed E-state index contributed by atoms with van der Waals surface area (Å²) in [5, 5.41) is 3.88. The van der Waals surface area contributed by atoms with Gasteiger partial charge in [-0.1, -0.05) is 0 Å². The average molecular weight is 427 g/mol. The van der Waals surface area contributed by atoms with Crippen LogP contribution in [-0.4, -0.2) is 30.5 Å². The molecule has 0 bridgehead atoms. The zero-order valence-corrected chi connectivity index (χ0v) is 15.0. The van der Waals surface area contributed by atoms with Gasteiger partial charge in [0.2, 0.25) is 0 Å². The molecule has 3 rings (SSSR count). The van der Waals surface area contributed by atoms with E-state index in [1.54, 1.807) is 0 Å². The lowest BCUT2D eigenvalue weighted by atomic mass is 10.0. The Bertz CT molecular complexity index is 1070. The molecular formula is C18H11F6N5O. The minimum absolute atomic E-state index is 0.0175. The van der Waals surface area contributed by atoms with Crippen LogP contribution in [0.5, 0.6) is 0 Å². The Morgan fingerprint density at radius 3 is 2.03 bits per heavy atom. The largest absolute Gasteiger partial charge is 0.416 e. The fourth-order valence-corrected chi connectivity index (χ4v) is 2.49. The lowest BCUT2D eigenvalue weighted by Gasteiger charge is -2.13. The van der Waals surface area contributed by atoms with E-state index in [1.165, 1.54) is 31.8 Å². The molecule has 0 amide bonds. The second-order valence-electron chi connectivity index (χ2n) is 6.07. The molecule has 2 aromatic heterocycles. The van der Waals surface area contributed by atoms with Crippen LogP contribution < -0.4 is 0 Å². The molecule has 6 nitrogen and oxygen atoms in total. The molecule has 0 radical (unpaired) electrons. The number of aromatic nitrogens is 5. The lowest BCUT2D eigenvalue weighted by Crippen LogP contribution is -2.11. The minimum Gasteiger partial charge on any atom is -0.294 e. The topological polar surface area (TPSA) is 73.6 Å². The van der Waals surface area contributed by atoms with Crippen molar-refractivity contribution in [3.63, 3.8) is 0 Å². The second kappa shape index (κ2) is 7.69. The summed E-state index contributed by atoms with van der Waals surface area (Å²) in [6.07, 6.45) is -3.74. The highest BCUT2D eigenvalue weighted by molar-refractivity contribution is 6.22. The number of halogens is 6. The van der Waals surface area contributed by atoms with Crippen LogP contribution in [0.2, 0.25) is 0 Å². The number of ketones is 1. The molecule has 0 unspecified atom stereocenters. The van der Waals surface area contributed by atoms with Gasteiger partial charge in [0.1, 0.15) is 12.7 Å². The first-order valence-electron chi connectivity index (χ1n) is 8.14. The standard InChI is InChI=1S/C18H11F6N5O/c1-10(30)15(12-5-25-8-26-6-12)7-29-9-27-16(28-29)11-2-13(17(19,20)21)4-14(3-11)18(22,23)24/h2-9H,1H3/b15-7-. The lowest BCUT2D eigenvalue weighted by molar-refractivity contribution is -0.143. The third-order valence-electron chi connectivity index (χ3n) is 3.87. The Labute approximate surface area is 164 Å². The molecule has 0 fully saturated rings. The van der Waals surface area contributed by atoms with Crippen molar-refractivity contribution in [3.8, 4) is 11.4 Å². The maximum absolute atomic E-state index is 13.0. The summed E-state index contributed by atoms with van der Waals surface area (Å²) in [6, 6.07) is 1.06. The monoisotopic (exact) mass is 427 g/mol. The zero-order chi connectivity index (χ0) is 22.1. The van der Waals surface area contributed by atoms with Gasteiger partial charge in [-0.3, -0.25) is 4.79 Å². The number of alkyl halides is 6. The van der Waals surface area contributed by atoms with Crippen molar-refractivity contribution < 1.29 is 31.1 Å². The van der Waals surface area contributed by atoms with E-state index in [-0.39, 0.29) is 23.2 Å². The van der Waals surface area contributed by atoms with Crippen LogP contribution in [0.4, 0.5) is 26.3 Å². The van der Waals surface area contributed by atoms with Crippen LogP contribution in [0, 0.1) is 0 Å². The van der Waals surface area contributed by atoms with Gasteiger partial charge in [0.15, 0.2) is 11.6 Å². The Kier molecular flexibility index (Phi) is 5.42. The molecule has 0 spiro atoms. The van der Waals surface area contributed by atoms with Crippen LogP contribution in [0.3, 0.4) is 0 Å². The molecule has 0 aliphatic heterocycles. The molecule has 30 heavy (non-hydrogen) atoms. The summed E-state index contributed by atoms with van der Waals surface area (Å²) in [6.45, 7) is 1.26. The van der Waals surface area contributed by atoms with E-state index in [1.807, 2.05) is 0 Å². The van der Waals surface area contributed by atoms with Gasteiger partial charge in [-0.05, 0) is 25.1 Å². The van der Waals surface area contributed by atoms with Gasteiger partial charge >= 0.3 is 12.4 Å². The Morgan fingerprint density at radius 1 is 0.967 bits per heavy atom. The maximum Gasteiger partial charge on any atom is 0.416 e. The zero-order valence-electron chi connectivity index (χ0n) is 15.0. The highest BCUT2D eigenvalue weighted by atomic mass is 19.4. The first kappa shape index (κ1) is 21.1. The van der Waals surface area contributed by atoms with Crippen molar-refractivity contribution in [1.29, 1.82) is 0 Å². The van der Waals surface area contributed by atoms with Crippen LogP contribution in [-0.2, 0) is 17.1 Å². The van der Waals surface area contributed by atoms with E-state index in [0.29, 0.717) is 17.7 Å². The molecule has 0 saturated carbocycles. The molecule has 0 aliphatic rings. The first-order chi connectivity index (χ1) is 13.9. The van der Waals surface area contributed by atoms with Gasteiger partial charge in [-0.15, -0.1) is 5.10 Å². The van der Waals surface area contributed by atoms with Crippen LogP contribution in [0.15, 0.2) is 43.2 Å². The van der Waals surface area contributed by atoms with E-state index in [4.69, 9.17) is 0 Å². The van der Waals surface area contributed by atoms with E-state index in [2.05, 4.69) is 20.1 Å². The van der Waals surface area contributed by atoms with E-state index < -0.39 is 29.0 Å². The van der Waals surface area contributed by atoms with Crippen molar-refractivity contribution in [1.82, 2.24) is 24.7 Å². The Morgan fingerprint density at radius 2 is 1.53 bits per heavy atom. The number of carbonyl (C=O) groups is 1. The van der Waals surface area contributed by atoms with E-state index in [0.717, 1.165) is 11.0 Å². The van der Waals surface area contributed by atoms with Crippen molar-refractivity contribution in [2.45, 2.75) is 19.3 Å². The minimum atomic E-state index is -4.99. The molecule has 0 N–H and O–H groups in total. The molecule has 0 aliphatic carbocycles. The number of Topliss-reactive ketones (excluding diaryl/α,β-unsaturated/α-hetero) is 1. The Hall–Kier alpha value is -3.57. The number of rotatable bonds is 4. The van der Waals surface area contributed by atoms with Crippen molar-refractivity contribution in [2.75, 3.05) is 0 Å². The van der Waals surface area contributed by atoms with Crippen LogP contribution in [0.25, 0.3) is 23.2 Å². The number of benzene rings is 1. The van der Waals surface area contributed by atoms with Crippen LogP contribution >= 0.6 is 0 Å². The molecule has 1 aromatic carbocycles. The third-order valence-corrected chi connectivity index (χ3v) is 3.87. The second-order valence-corrected chi connectivity index (χ2v) is 6.07. The van der Waals surface area contributed by atoms with Crippen molar-refractivity contribution in [2.24, 2.45) is 0 Å². The molecule has 12 heteroatoms. The fourth-order valence-electron chi connectivity index (χ4n) is 2.49. The smallest absolute Gasteiger partial charge is 0.294 e. The van der Waals surface area contributed by atoms with Gasteiger partial charge < -0.3 is 0 Å². The summed E-state index contributed by atoms with van der Waals surface area (Å²) in [4.78, 5) is 23.2. The predicted octanol–water partition coefficient (Wildman–Crippen LogP) is 4.36.